The number of unbranched alkanes of at least 4 members (excludes halogenated alkanes) is 1. The second-order valence-electron chi connectivity index (χ2n) is 4.93. The molecule has 0 atom stereocenters. The number of pyridine rings is 1. The summed E-state index contributed by atoms with van der Waals surface area (Å²) < 4.78 is 5.44. The van der Waals surface area contributed by atoms with Gasteiger partial charge in [-0.15, -0.1) is 0 Å². The molecular formula is C16H27N3O2. The molecule has 1 aromatic heterocycles. The summed E-state index contributed by atoms with van der Waals surface area (Å²) in [6.45, 7) is 7.26. The third-order valence-electron chi connectivity index (χ3n) is 2.97. The average Bonchev–Trinajstić information content (AvgIpc) is 2.52. The summed E-state index contributed by atoms with van der Waals surface area (Å²) >= 11 is 0. The highest BCUT2D eigenvalue weighted by atomic mass is 16.5. The third kappa shape index (κ3) is 7.66. The number of rotatable bonds is 11. The molecule has 1 amide bonds. The molecule has 0 radical (unpaired) electrons. The Labute approximate surface area is 127 Å². The van der Waals surface area contributed by atoms with E-state index in [0.717, 1.165) is 44.5 Å². The van der Waals surface area contributed by atoms with Crippen LogP contribution in [0.4, 0.5) is 5.69 Å². The second kappa shape index (κ2) is 11.1. The molecule has 0 unspecified atom stereocenters. The number of hydrogen-bond donors (Lipinski definition) is 2. The maximum atomic E-state index is 11.9. The summed E-state index contributed by atoms with van der Waals surface area (Å²) in [4.78, 5) is 16.0. The molecule has 0 aliphatic heterocycles. The van der Waals surface area contributed by atoms with Crippen LogP contribution in [0, 0.1) is 0 Å². The van der Waals surface area contributed by atoms with Crippen molar-refractivity contribution in [3.05, 3.63) is 24.0 Å². The summed E-state index contributed by atoms with van der Waals surface area (Å²) in [6.07, 6.45) is 5.81. The van der Waals surface area contributed by atoms with Crippen molar-refractivity contribution >= 4 is 11.6 Å². The van der Waals surface area contributed by atoms with E-state index in [2.05, 4.69) is 29.5 Å². The van der Waals surface area contributed by atoms with Crippen LogP contribution < -0.4 is 10.6 Å². The molecule has 1 rings (SSSR count). The summed E-state index contributed by atoms with van der Waals surface area (Å²) in [7, 11) is 0. The van der Waals surface area contributed by atoms with Crippen molar-refractivity contribution in [1.82, 2.24) is 10.3 Å². The number of amides is 1. The van der Waals surface area contributed by atoms with Crippen molar-refractivity contribution in [1.29, 1.82) is 0 Å². The van der Waals surface area contributed by atoms with Gasteiger partial charge in [-0.3, -0.25) is 4.79 Å². The quantitative estimate of drug-likeness (QED) is 0.616. The minimum absolute atomic E-state index is 0.134. The van der Waals surface area contributed by atoms with E-state index >= 15 is 0 Å². The Hall–Kier alpha value is -1.62. The van der Waals surface area contributed by atoms with Gasteiger partial charge in [0.2, 0.25) is 0 Å². The number of carbonyl (C=O) groups is 1. The van der Waals surface area contributed by atoms with Crippen LogP contribution in [0.1, 0.15) is 50.0 Å². The van der Waals surface area contributed by atoms with Gasteiger partial charge in [0.1, 0.15) is 5.69 Å². The van der Waals surface area contributed by atoms with Gasteiger partial charge < -0.3 is 15.4 Å². The lowest BCUT2D eigenvalue weighted by Crippen LogP contribution is -2.26. The summed E-state index contributed by atoms with van der Waals surface area (Å²) in [5.74, 6) is -0.134. The highest BCUT2D eigenvalue weighted by Crippen LogP contribution is 2.06. The van der Waals surface area contributed by atoms with Gasteiger partial charge in [0.15, 0.2) is 0 Å². The summed E-state index contributed by atoms with van der Waals surface area (Å²) in [5, 5.41) is 6.08. The number of hydrogen-bond acceptors (Lipinski definition) is 4. The number of nitrogens with zero attached hydrogens (tertiary/aromatic N) is 1. The first-order valence-electron chi connectivity index (χ1n) is 7.83. The molecule has 5 nitrogen and oxygen atoms in total. The van der Waals surface area contributed by atoms with Gasteiger partial charge in [-0.05, 0) is 31.4 Å². The van der Waals surface area contributed by atoms with Crippen LogP contribution in [0.2, 0.25) is 0 Å². The molecule has 0 aromatic carbocycles. The van der Waals surface area contributed by atoms with Crippen LogP contribution in [0.15, 0.2) is 18.3 Å². The molecule has 0 fully saturated rings. The smallest absolute Gasteiger partial charge is 0.269 e. The fourth-order valence-electron chi connectivity index (χ4n) is 1.72. The van der Waals surface area contributed by atoms with Crippen molar-refractivity contribution in [3.63, 3.8) is 0 Å². The molecule has 0 spiro atoms. The van der Waals surface area contributed by atoms with Crippen molar-refractivity contribution in [3.8, 4) is 0 Å². The van der Waals surface area contributed by atoms with E-state index in [1.165, 1.54) is 0 Å². The predicted molar refractivity (Wildman–Crippen MR) is 85.7 cm³/mol. The molecule has 0 aliphatic carbocycles. The van der Waals surface area contributed by atoms with E-state index in [0.29, 0.717) is 18.8 Å². The molecule has 2 N–H and O–H groups in total. The van der Waals surface area contributed by atoms with Crippen LogP contribution in [0.3, 0.4) is 0 Å². The second-order valence-corrected chi connectivity index (χ2v) is 4.93. The molecule has 0 saturated carbocycles. The molecule has 1 heterocycles. The lowest BCUT2D eigenvalue weighted by Gasteiger charge is -2.07. The Morgan fingerprint density at radius 3 is 2.62 bits per heavy atom. The average molecular weight is 293 g/mol. The fourth-order valence-corrected chi connectivity index (χ4v) is 1.72. The van der Waals surface area contributed by atoms with Crippen LogP contribution in [0.25, 0.3) is 0 Å². The zero-order chi connectivity index (χ0) is 15.3. The topological polar surface area (TPSA) is 63.2 Å². The lowest BCUT2D eigenvalue weighted by molar-refractivity contribution is 0.0935. The number of ether oxygens (including phenoxy) is 1. The Morgan fingerprint density at radius 2 is 1.95 bits per heavy atom. The maximum absolute atomic E-state index is 11.9. The van der Waals surface area contributed by atoms with E-state index < -0.39 is 0 Å². The monoisotopic (exact) mass is 293 g/mol. The zero-order valence-corrected chi connectivity index (χ0v) is 13.2. The van der Waals surface area contributed by atoms with Gasteiger partial charge in [0.25, 0.3) is 5.91 Å². The van der Waals surface area contributed by atoms with Gasteiger partial charge in [-0.25, -0.2) is 4.98 Å². The zero-order valence-electron chi connectivity index (χ0n) is 13.2. The van der Waals surface area contributed by atoms with Gasteiger partial charge in [0, 0.05) is 26.3 Å². The van der Waals surface area contributed by atoms with Crippen LogP contribution in [-0.4, -0.2) is 37.2 Å². The van der Waals surface area contributed by atoms with Crippen LogP contribution in [0.5, 0.6) is 0 Å². The Morgan fingerprint density at radius 1 is 1.14 bits per heavy atom. The lowest BCUT2D eigenvalue weighted by atomic mass is 10.3. The minimum Gasteiger partial charge on any atom is -0.384 e. The molecule has 0 saturated heterocycles. The highest BCUT2D eigenvalue weighted by molar-refractivity contribution is 5.92. The highest BCUT2D eigenvalue weighted by Gasteiger charge is 2.05. The predicted octanol–water partition coefficient (Wildman–Crippen LogP) is 2.84. The first-order chi connectivity index (χ1) is 10.3. The maximum Gasteiger partial charge on any atom is 0.269 e. The van der Waals surface area contributed by atoms with Gasteiger partial charge in [-0.1, -0.05) is 20.3 Å². The van der Waals surface area contributed by atoms with E-state index in [9.17, 15) is 4.79 Å². The van der Waals surface area contributed by atoms with Crippen molar-refractivity contribution in [2.75, 3.05) is 31.6 Å². The number of carbonyl (C=O) groups excluding carboxylic acids is 1. The number of nitrogens with one attached hydrogen (secondary N) is 2. The van der Waals surface area contributed by atoms with Crippen molar-refractivity contribution in [2.45, 2.75) is 39.5 Å². The number of aromatic nitrogens is 1. The normalized spacial score (nSPS) is 10.4. The third-order valence-corrected chi connectivity index (χ3v) is 2.97. The summed E-state index contributed by atoms with van der Waals surface area (Å²) in [5.41, 5.74) is 1.39. The Kier molecular flexibility index (Phi) is 9.20. The standard InChI is InChI=1S/C16H27N3O2/c1-3-5-11-21-12-6-10-18-16(20)15-8-7-14(13-19-15)17-9-4-2/h7-8,13,17H,3-6,9-12H2,1-2H3,(H,18,20). The van der Waals surface area contributed by atoms with Gasteiger partial charge in [0.05, 0.1) is 11.9 Å². The van der Waals surface area contributed by atoms with Gasteiger partial charge >= 0.3 is 0 Å². The van der Waals surface area contributed by atoms with E-state index in [1.54, 1.807) is 12.3 Å². The molecule has 5 heteroatoms. The fraction of sp³-hybridized carbons (Fsp3) is 0.625. The Balaban J connectivity index is 2.19. The van der Waals surface area contributed by atoms with Crippen LogP contribution >= 0.6 is 0 Å². The molecule has 0 aliphatic rings. The van der Waals surface area contributed by atoms with Crippen LogP contribution in [-0.2, 0) is 4.74 Å². The van der Waals surface area contributed by atoms with E-state index in [-0.39, 0.29) is 5.91 Å². The first-order valence-corrected chi connectivity index (χ1v) is 7.83. The van der Waals surface area contributed by atoms with E-state index in [1.807, 2.05) is 6.07 Å². The SMILES string of the molecule is CCCCOCCCNC(=O)c1ccc(NCCC)cn1. The molecule has 21 heavy (non-hydrogen) atoms. The molecule has 118 valence electrons. The minimum atomic E-state index is -0.134. The van der Waals surface area contributed by atoms with Crippen molar-refractivity contribution in [2.24, 2.45) is 0 Å². The molecule has 1 aromatic rings. The Bertz CT molecular complexity index is 393. The van der Waals surface area contributed by atoms with E-state index in [4.69, 9.17) is 4.74 Å². The van der Waals surface area contributed by atoms with Crippen molar-refractivity contribution < 1.29 is 9.53 Å². The number of anilines is 1. The summed E-state index contributed by atoms with van der Waals surface area (Å²) in [6, 6.07) is 3.62. The first kappa shape index (κ1) is 17.4. The largest absolute Gasteiger partial charge is 0.384 e. The molecule has 0 bridgehead atoms. The van der Waals surface area contributed by atoms with Gasteiger partial charge in [-0.2, -0.15) is 0 Å². The molecular weight excluding hydrogens is 266 g/mol.